The summed E-state index contributed by atoms with van der Waals surface area (Å²) in [5.41, 5.74) is 0. The van der Waals surface area contributed by atoms with Gasteiger partial charge in [-0.05, 0) is 35.6 Å². The number of rotatable bonds is 2. The molecule has 0 amide bonds. The Balaban J connectivity index is 2.66. The molecule has 5 heteroatoms. The molecule has 2 radical (unpaired) electrons. The van der Waals surface area contributed by atoms with Crippen LogP contribution >= 0.6 is 22.6 Å². The molecule has 0 aromatic carbocycles. The quantitative estimate of drug-likeness (QED) is 0.587. The average molecular weight is 260 g/mol. The van der Waals surface area contributed by atoms with Crippen molar-refractivity contribution in [3.8, 4) is 5.88 Å². The number of hydrogen-bond donors (Lipinski definition) is 0. The molecule has 1 rings (SSSR count). The van der Waals surface area contributed by atoms with Crippen molar-refractivity contribution in [3.05, 3.63) is 15.8 Å². The fourth-order valence-corrected chi connectivity index (χ4v) is 0.845. The van der Waals surface area contributed by atoms with Gasteiger partial charge in [-0.2, -0.15) is 0 Å². The van der Waals surface area contributed by atoms with Gasteiger partial charge in [0.15, 0.2) is 0 Å². The second kappa shape index (κ2) is 3.89. The Hall–Kier alpha value is -0.325. The molecule has 0 aliphatic rings. The van der Waals surface area contributed by atoms with E-state index in [9.17, 15) is 0 Å². The Morgan fingerprint density at radius 2 is 2.27 bits per heavy atom. The smallest absolute Gasteiger partial charge is 0.232 e. The standard InChI is InChI=1S/C6H6BIN2O/c1-4(7)11-6-3-2-5(8)9-10-6/h2-4H,1H3. The molecule has 3 nitrogen and oxygen atoms in total. The van der Waals surface area contributed by atoms with Gasteiger partial charge in [-0.25, -0.2) is 0 Å². The Kier molecular flexibility index (Phi) is 3.10. The Bertz CT molecular complexity index is 227. The number of ether oxygens (including phenoxy) is 1. The lowest BCUT2D eigenvalue weighted by Crippen LogP contribution is -2.11. The van der Waals surface area contributed by atoms with Crippen LogP contribution in [0.2, 0.25) is 0 Å². The maximum Gasteiger partial charge on any atom is 0.232 e. The first-order valence-electron chi connectivity index (χ1n) is 3.10. The molecule has 0 spiro atoms. The molecule has 1 aromatic heterocycles. The van der Waals surface area contributed by atoms with Gasteiger partial charge in [0.2, 0.25) is 5.88 Å². The van der Waals surface area contributed by atoms with Crippen LogP contribution in [-0.2, 0) is 0 Å². The SMILES string of the molecule is [B]C(C)Oc1ccc(I)nn1. The number of hydrogen-bond acceptors (Lipinski definition) is 3. The molecule has 1 unspecified atom stereocenters. The molecule has 56 valence electrons. The normalized spacial score (nSPS) is 12.5. The fraction of sp³-hybridized carbons (Fsp3) is 0.333. The van der Waals surface area contributed by atoms with E-state index in [0.29, 0.717) is 5.88 Å². The summed E-state index contributed by atoms with van der Waals surface area (Å²) >= 11 is 2.07. The summed E-state index contributed by atoms with van der Waals surface area (Å²) in [6, 6.07) is 3.20. The monoisotopic (exact) mass is 260 g/mol. The van der Waals surface area contributed by atoms with Gasteiger partial charge in [-0.1, -0.05) is 0 Å². The summed E-state index contributed by atoms with van der Waals surface area (Å²) in [6.45, 7) is 1.74. The van der Waals surface area contributed by atoms with Crippen molar-refractivity contribution in [1.82, 2.24) is 10.2 Å². The third-order valence-corrected chi connectivity index (χ3v) is 1.49. The average Bonchev–Trinajstić information content (AvgIpc) is 1.93. The minimum absolute atomic E-state index is 0.343. The molecular formula is C6H6BIN2O. The van der Waals surface area contributed by atoms with Crippen molar-refractivity contribution in [2.45, 2.75) is 12.9 Å². The van der Waals surface area contributed by atoms with Crippen LogP contribution in [0, 0.1) is 3.70 Å². The highest BCUT2D eigenvalue weighted by atomic mass is 127. The zero-order chi connectivity index (χ0) is 8.27. The summed E-state index contributed by atoms with van der Waals surface area (Å²) in [5.74, 6) is 0.459. The highest BCUT2D eigenvalue weighted by Gasteiger charge is 1.97. The molecule has 11 heavy (non-hydrogen) atoms. The van der Waals surface area contributed by atoms with Crippen molar-refractivity contribution in [2.24, 2.45) is 0 Å². The molecule has 1 heterocycles. The second-order valence-electron chi connectivity index (χ2n) is 2.02. The molecular weight excluding hydrogens is 254 g/mol. The van der Waals surface area contributed by atoms with E-state index >= 15 is 0 Å². The lowest BCUT2D eigenvalue weighted by Gasteiger charge is -2.06. The number of halogens is 1. The highest BCUT2D eigenvalue weighted by molar-refractivity contribution is 14.1. The molecule has 0 aliphatic heterocycles. The molecule has 0 bridgehead atoms. The molecule has 0 saturated heterocycles. The Labute approximate surface area is 80.1 Å². The second-order valence-corrected chi connectivity index (χ2v) is 3.12. The maximum atomic E-state index is 5.37. The van der Waals surface area contributed by atoms with Crippen LogP contribution in [0.4, 0.5) is 0 Å². The van der Waals surface area contributed by atoms with Gasteiger partial charge in [0.25, 0.3) is 0 Å². The van der Waals surface area contributed by atoms with E-state index in [0.717, 1.165) is 3.70 Å². The van der Waals surface area contributed by atoms with E-state index in [2.05, 4.69) is 32.8 Å². The van der Waals surface area contributed by atoms with Crippen molar-refractivity contribution in [3.63, 3.8) is 0 Å². The summed E-state index contributed by atoms with van der Waals surface area (Å²) in [5, 5.41) is 7.55. The van der Waals surface area contributed by atoms with E-state index < -0.39 is 0 Å². The van der Waals surface area contributed by atoms with Gasteiger partial charge in [0.1, 0.15) is 11.5 Å². The van der Waals surface area contributed by atoms with Crippen molar-refractivity contribution < 1.29 is 4.74 Å². The highest BCUT2D eigenvalue weighted by Crippen LogP contribution is 2.06. The zero-order valence-corrected chi connectivity index (χ0v) is 8.15. The lowest BCUT2D eigenvalue weighted by atomic mass is 10.0. The first-order chi connectivity index (χ1) is 5.18. The third-order valence-electron chi connectivity index (χ3n) is 0.914. The number of aromatic nitrogens is 2. The van der Waals surface area contributed by atoms with Gasteiger partial charge in [0.05, 0.1) is 6.00 Å². The maximum absolute atomic E-state index is 5.37. The van der Waals surface area contributed by atoms with Crippen molar-refractivity contribution in [2.75, 3.05) is 0 Å². The molecule has 1 aromatic rings. The van der Waals surface area contributed by atoms with Crippen LogP contribution in [0.1, 0.15) is 6.92 Å². The molecule has 0 N–H and O–H groups in total. The van der Waals surface area contributed by atoms with E-state index in [-0.39, 0.29) is 6.00 Å². The molecule has 1 atom stereocenters. The van der Waals surface area contributed by atoms with Gasteiger partial charge < -0.3 is 4.74 Å². The first-order valence-corrected chi connectivity index (χ1v) is 4.18. The first kappa shape index (κ1) is 8.77. The van der Waals surface area contributed by atoms with Crippen LogP contribution < -0.4 is 4.74 Å². The zero-order valence-electron chi connectivity index (χ0n) is 5.99. The van der Waals surface area contributed by atoms with Crippen molar-refractivity contribution in [1.29, 1.82) is 0 Å². The molecule has 0 aliphatic carbocycles. The van der Waals surface area contributed by atoms with Gasteiger partial charge in [-0.3, -0.25) is 0 Å². The molecule has 0 fully saturated rings. The van der Waals surface area contributed by atoms with Crippen LogP contribution in [-0.4, -0.2) is 24.0 Å². The van der Waals surface area contributed by atoms with E-state index in [4.69, 9.17) is 12.6 Å². The topological polar surface area (TPSA) is 35.0 Å². The van der Waals surface area contributed by atoms with E-state index in [1.165, 1.54) is 0 Å². The summed E-state index contributed by atoms with van der Waals surface area (Å²) in [6.07, 6.45) is 0. The Morgan fingerprint density at radius 3 is 2.73 bits per heavy atom. The summed E-state index contributed by atoms with van der Waals surface area (Å²) < 4.78 is 5.90. The molecule has 0 saturated carbocycles. The third kappa shape index (κ3) is 3.05. The summed E-state index contributed by atoms with van der Waals surface area (Å²) in [7, 11) is 5.37. The van der Waals surface area contributed by atoms with Gasteiger partial charge in [-0.15, -0.1) is 10.2 Å². The predicted molar refractivity (Wildman–Crippen MR) is 50.6 cm³/mol. The van der Waals surface area contributed by atoms with Crippen LogP contribution in [0.25, 0.3) is 0 Å². The minimum Gasteiger partial charge on any atom is -0.484 e. The van der Waals surface area contributed by atoms with E-state index in [1.807, 2.05) is 6.07 Å². The predicted octanol–water partition coefficient (Wildman–Crippen LogP) is 0.974. The Morgan fingerprint density at radius 1 is 1.55 bits per heavy atom. The van der Waals surface area contributed by atoms with Gasteiger partial charge in [0, 0.05) is 6.07 Å². The largest absolute Gasteiger partial charge is 0.484 e. The fourth-order valence-electron chi connectivity index (χ4n) is 0.557. The van der Waals surface area contributed by atoms with Gasteiger partial charge >= 0.3 is 0 Å². The van der Waals surface area contributed by atoms with Crippen molar-refractivity contribution >= 4 is 30.4 Å². The lowest BCUT2D eigenvalue weighted by molar-refractivity contribution is 0.285. The van der Waals surface area contributed by atoms with Crippen LogP contribution in [0.3, 0.4) is 0 Å². The van der Waals surface area contributed by atoms with E-state index in [1.54, 1.807) is 13.0 Å². The van der Waals surface area contributed by atoms with Crippen LogP contribution in [0.5, 0.6) is 5.88 Å². The van der Waals surface area contributed by atoms with Crippen LogP contribution in [0.15, 0.2) is 12.1 Å². The number of nitrogens with zero attached hydrogens (tertiary/aromatic N) is 2. The minimum atomic E-state index is -0.343. The summed E-state index contributed by atoms with van der Waals surface area (Å²) in [4.78, 5) is 0.